The van der Waals surface area contributed by atoms with Gasteiger partial charge in [0.05, 0.1) is 11.3 Å². The van der Waals surface area contributed by atoms with Crippen molar-refractivity contribution in [3.8, 4) is 0 Å². The standard InChI is InChI=1S/C24H23ClFN3O2/c1-28-20-7-4-16(14-29-10-8-18(26)9-11-29)12-19(20)23(30)22(24(27)31)21(28)13-15-2-5-17(25)6-3-15/h2-8,12H,9-11,13-14H2,1H3,(H2,27,31). The highest BCUT2D eigenvalue weighted by Crippen LogP contribution is 2.22. The number of benzene rings is 2. The van der Waals surface area contributed by atoms with Gasteiger partial charge in [0, 0.05) is 55.6 Å². The molecule has 0 bridgehead atoms. The van der Waals surface area contributed by atoms with Gasteiger partial charge in [-0.3, -0.25) is 14.5 Å². The third-order valence-electron chi connectivity index (χ3n) is 5.76. The van der Waals surface area contributed by atoms with E-state index in [2.05, 4.69) is 4.90 Å². The van der Waals surface area contributed by atoms with Crippen LogP contribution in [0.5, 0.6) is 0 Å². The average molecular weight is 440 g/mol. The Balaban J connectivity index is 1.77. The number of hydrogen-bond acceptors (Lipinski definition) is 3. The Morgan fingerprint density at radius 3 is 2.52 bits per heavy atom. The molecule has 0 aliphatic carbocycles. The van der Waals surface area contributed by atoms with Crippen molar-refractivity contribution in [1.29, 1.82) is 0 Å². The fourth-order valence-electron chi connectivity index (χ4n) is 4.08. The lowest BCUT2D eigenvalue weighted by atomic mass is 10.00. The van der Waals surface area contributed by atoms with E-state index < -0.39 is 5.91 Å². The summed E-state index contributed by atoms with van der Waals surface area (Å²) in [6.45, 7) is 1.76. The van der Waals surface area contributed by atoms with E-state index >= 15 is 0 Å². The zero-order valence-electron chi connectivity index (χ0n) is 17.2. The van der Waals surface area contributed by atoms with Crippen LogP contribution in [0.1, 0.15) is 33.6 Å². The second-order valence-corrected chi connectivity index (χ2v) is 8.30. The number of halogens is 2. The Labute approximate surface area is 184 Å². The summed E-state index contributed by atoms with van der Waals surface area (Å²) in [5, 5.41) is 1.07. The van der Waals surface area contributed by atoms with Crippen LogP contribution in [0.3, 0.4) is 0 Å². The maximum Gasteiger partial charge on any atom is 0.254 e. The average Bonchev–Trinajstić information content (AvgIpc) is 2.75. The van der Waals surface area contributed by atoms with Crippen LogP contribution >= 0.6 is 11.6 Å². The highest BCUT2D eigenvalue weighted by molar-refractivity contribution is 6.30. The molecule has 5 nitrogen and oxygen atoms in total. The summed E-state index contributed by atoms with van der Waals surface area (Å²) in [7, 11) is 1.83. The lowest BCUT2D eigenvalue weighted by Gasteiger charge is -2.24. The van der Waals surface area contributed by atoms with Crippen molar-refractivity contribution < 1.29 is 9.18 Å². The van der Waals surface area contributed by atoms with E-state index in [-0.39, 0.29) is 16.8 Å². The Kier molecular flexibility index (Phi) is 5.94. The van der Waals surface area contributed by atoms with Gasteiger partial charge in [-0.2, -0.15) is 0 Å². The molecule has 2 heterocycles. The smallest absolute Gasteiger partial charge is 0.254 e. The van der Waals surface area contributed by atoms with E-state index in [9.17, 15) is 14.0 Å². The minimum Gasteiger partial charge on any atom is -0.365 e. The number of pyridine rings is 1. The molecule has 3 aromatic rings. The highest BCUT2D eigenvalue weighted by Gasteiger charge is 2.20. The predicted octanol–water partition coefficient (Wildman–Crippen LogP) is 3.94. The molecule has 31 heavy (non-hydrogen) atoms. The van der Waals surface area contributed by atoms with Crippen molar-refractivity contribution in [2.75, 3.05) is 13.1 Å². The fourth-order valence-corrected chi connectivity index (χ4v) is 4.21. The number of aromatic nitrogens is 1. The monoisotopic (exact) mass is 439 g/mol. The molecule has 1 aliphatic rings. The molecule has 0 atom stereocenters. The largest absolute Gasteiger partial charge is 0.365 e. The SMILES string of the molecule is Cn1c(Cc2ccc(Cl)cc2)c(C(N)=O)c(=O)c2cc(CN3CC=C(F)CC3)ccc21. The molecule has 7 heteroatoms. The van der Waals surface area contributed by atoms with E-state index in [1.807, 2.05) is 41.9 Å². The van der Waals surface area contributed by atoms with Crippen molar-refractivity contribution in [2.45, 2.75) is 19.4 Å². The van der Waals surface area contributed by atoms with Gasteiger partial charge < -0.3 is 10.3 Å². The van der Waals surface area contributed by atoms with Crippen molar-refractivity contribution >= 4 is 28.4 Å². The third kappa shape index (κ3) is 4.40. The van der Waals surface area contributed by atoms with Gasteiger partial charge >= 0.3 is 0 Å². The number of primary amides is 1. The topological polar surface area (TPSA) is 68.3 Å². The van der Waals surface area contributed by atoms with E-state index in [0.29, 0.717) is 48.6 Å². The molecule has 0 fully saturated rings. The number of fused-ring (bicyclic) bond motifs is 1. The first-order valence-corrected chi connectivity index (χ1v) is 10.5. The molecule has 0 radical (unpaired) electrons. The predicted molar refractivity (Wildman–Crippen MR) is 121 cm³/mol. The minimum atomic E-state index is -0.742. The fraction of sp³-hybridized carbons (Fsp3) is 0.250. The van der Waals surface area contributed by atoms with Crippen LogP contribution in [0.15, 0.2) is 59.2 Å². The number of aryl methyl sites for hydroxylation is 1. The molecule has 2 N–H and O–H groups in total. The number of nitrogens with zero attached hydrogens (tertiary/aromatic N) is 2. The van der Waals surface area contributed by atoms with Crippen LogP contribution in [0.2, 0.25) is 5.02 Å². The molecule has 160 valence electrons. The van der Waals surface area contributed by atoms with E-state index in [4.69, 9.17) is 17.3 Å². The third-order valence-corrected chi connectivity index (χ3v) is 6.01. The zero-order chi connectivity index (χ0) is 22.1. The molecule has 0 saturated carbocycles. The first-order valence-electron chi connectivity index (χ1n) is 10.1. The molecule has 0 spiro atoms. The lowest BCUT2D eigenvalue weighted by Crippen LogP contribution is -2.29. The number of carbonyl (C=O) groups is 1. The van der Waals surface area contributed by atoms with E-state index in [0.717, 1.165) is 16.6 Å². The summed E-state index contributed by atoms with van der Waals surface area (Å²) < 4.78 is 15.1. The number of carbonyl (C=O) groups excluding carboxylic acids is 1. The molecule has 1 aliphatic heterocycles. The second-order valence-electron chi connectivity index (χ2n) is 7.86. The first kappa shape index (κ1) is 21.3. The molecule has 4 rings (SSSR count). The number of hydrogen-bond donors (Lipinski definition) is 1. The van der Waals surface area contributed by atoms with E-state index in [1.54, 1.807) is 18.2 Å². The van der Waals surface area contributed by atoms with Crippen LogP contribution in [-0.2, 0) is 20.0 Å². The van der Waals surface area contributed by atoms with Crippen LogP contribution in [0.25, 0.3) is 10.9 Å². The summed E-state index contributed by atoms with van der Waals surface area (Å²) in [6, 6.07) is 12.9. The van der Waals surface area contributed by atoms with Crippen molar-refractivity contribution in [1.82, 2.24) is 9.47 Å². The molecular formula is C24H23ClFN3O2. The quantitative estimate of drug-likeness (QED) is 0.654. The molecule has 0 unspecified atom stereocenters. The Morgan fingerprint density at radius 1 is 1.16 bits per heavy atom. The van der Waals surface area contributed by atoms with Crippen LogP contribution < -0.4 is 11.2 Å². The van der Waals surface area contributed by atoms with Crippen LogP contribution in [0, 0.1) is 0 Å². The maximum absolute atomic E-state index is 13.3. The Hall–Kier alpha value is -2.96. The summed E-state index contributed by atoms with van der Waals surface area (Å²) in [5.74, 6) is -0.823. The van der Waals surface area contributed by atoms with Crippen molar-refractivity contribution in [3.05, 3.63) is 92.0 Å². The highest BCUT2D eigenvalue weighted by atomic mass is 35.5. The van der Waals surface area contributed by atoms with Gasteiger partial charge in [-0.1, -0.05) is 29.8 Å². The number of rotatable bonds is 5. The summed E-state index contributed by atoms with van der Waals surface area (Å²) >= 11 is 5.97. The zero-order valence-corrected chi connectivity index (χ0v) is 18.0. The lowest BCUT2D eigenvalue weighted by molar-refractivity contribution is 0.0998. The molecule has 1 aromatic heterocycles. The number of amides is 1. The van der Waals surface area contributed by atoms with Crippen molar-refractivity contribution in [2.24, 2.45) is 12.8 Å². The molecule has 0 saturated heterocycles. The summed E-state index contributed by atoms with van der Waals surface area (Å²) in [4.78, 5) is 27.6. The van der Waals surface area contributed by atoms with Gasteiger partial charge in [0.25, 0.3) is 5.91 Å². The van der Waals surface area contributed by atoms with Crippen LogP contribution in [-0.4, -0.2) is 28.5 Å². The molecular weight excluding hydrogens is 417 g/mol. The summed E-state index contributed by atoms with van der Waals surface area (Å²) in [6.07, 6.45) is 2.36. The first-order chi connectivity index (χ1) is 14.8. The number of nitrogens with two attached hydrogens (primary N) is 1. The molecule has 2 aromatic carbocycles. The Morgan fingerprint density at radius 2 is 1.87 bits per heavy atom. The van der Waals surface area contributed by atoms with Gasteiger partial charge in [-0.25, -0.2) is 4.39 Å². The van der Waals surface area contributed by atoms with Gasteiger partial charge in [-0.05, 0) is 41.5 Å². The van der Waals surface area contributed by atoms with Gasteiger partial charge in [0.15, 0.2) is 0 Å². The van der Waals surface area contributed by atoms with Crippen LogP contribution in [0.4, 0.5) is 4.39 Å². The van der Waals surface area contributed by atoms with E-state index in [1.165, 1.54) is 0 Å². The molecule has 1 amide bonds. The second kappa shape index (κ2) is 8.65. The normalized spacial score (nSPS) is 14.6. The van der Waals surface area contributed by atoms with Gasteiger partial charge in [0.1, 0.15) is 5.56 Å². The minimum absolute atomic E-state index is 0.00470. The van der Waals surface area contributed by atoms with Crippen molar-refractivity contribution in [3.63, 3.8) is 0 Å². The van der Waals surface area contributed by atoms with Gasteiger partial charge in [0.2, 0.25) is 5.43 Å². The van der Waals surface area contributed by atoms with Gasteiger partial charge in [-0.15, -0.1) is 0 Å². The maximum atomic E-state index is 13.3. The Bertz CT molecular complexity index is 1250. The summed E-state index contributed by atoms with van der Waals surface area (Å²) in [5.41, 5.74) is 8.42.